The van der Waals surface area contributed by atoms with Crippen molar-refractivity contribution in [1.82, 2.24) is 0 Å². The summed E-state index contributed by atoms with van der Waals surface area (Å²) in [6.07, 6.45) is 0.647. The van der Waals surface area contributed by atoms with Crippen molar-refractivity contribution in [3.8, 4) is 0 Å². The maximum Gasteiger partial charge on any atom is 0.324 e. The van der Waals surface area contributed by atoms with Gasteiger partial charge in [0.05, 0.1) is 4.92 Å². The average Bonchev–Trinajstić information content (AvgIpc) is 2.52. The van der Waals surface area contributed by atoms with Gasteiger partial charge in [0.25, 0.3) is 0 Å². The number of nitro groups is 1. The van der Waals surface area contributed by atoms with Crippen molar-refractivity contribution < 1.29 is 4.92 Å². The fourth-order valence-corrected chi connectivity index (χ4v) is 1.77. The van der Waals surface area contributed by atoms with Crippen LogP contribution in [0, 0.1) is 10.1 Å². The zero-order chi connectivity index (χ0) is 9.84. The normalized spacial score (nSPS) is 12.8. The van der Waals surface area contributed by atoms with E-state index in [0.29, 0.717) is 13.0 Å². The molecule has 0 amide bonds. The van der Waals surface area contributed by atoms with E-state index in [1.165, 1.54) is 6.07 Å². The van der Waals surface area contributed by atoms with Gasteiger partial charge in [0.1, 0.15) is 0 Å². The van der Waals surface area contributed by atoms with Gasteiger partial charge in [-0.15, -0.1) is 0 Å². The Kier molecular flexibility index (Phi) is 3.35. The highest BCUT2D eigenvalue weighted by Crippen LogP contribution is 2.26. The van der Waals surface area contributed by atoms with Crippen molar-refractivity contribution in [2.75, 3.05) is 6.54 Å². The largest absolute Gasteiger partial charge is 0.330 e. The van der Waals surface area contributed by atoms with E-state index in [2.05, 4.69) is 0 Å². The molecule has 1 aromatic rings. The van der Waals surface area contributed by atoms with Crippen molar-refractivity contribution in [3.05, 3.63) is 27.1 Å². The van der Waals surface area contributed by atoms with E-state index in [1.54, 1.807) is 5.38 Å². The van der Waals surface area contributed by atoms with Gasteiger partial charge in [0, 0.05) is 17.5 Å². The number of nitrogens with zero attached hydrogens (tertiary/aromatic N) is 1. The molecular formula is C7H11N3O2S. The van der Waals surface area contributed by atoms with Gasteiger partial charge in [0.15, 0.2) is 0 Å². The van der Waals surface area contributed by atoms with Crippen LogP contribution in [0.15, 0.2) is 11.4 Å². The molecule has 0 radical (unpaired) electrons. The summed E-state index contributed by atoms with van der Waals surface area (Å²) in [6, 6.07) is 1.32. The lowest BCUT2D eigenvalue weighted by Gasteiger charge is -2.05. The molecule has 4 N–H and O–H groups in total. The molecule has 0 spiro atoms. The summed E-state index contributed by atoms with van der Waals surface area (Å²) in [6.45, 7) is 0.491. The van der Waals surface area contributed by atoms with Crippen LogP contribution in [0.3, 0.4) is 0 Å². The summed E-state index contributed by atoms with van der Waals surface area (Å²) in [5.41, 5.74) is 11.8. The van der Waals surface area contributed by atoms with Gasteiger partial charge in [-0.1, -0.05) is 11.3 Å². The van der Waals surface area contributed by atoms with Crippen LogP contribution < -0.4 is 11.5 Å². The van der Waals surface area contributed by atoms with Crippen LogP contribution in [0.1, 0.15) is 18.0 Å². The molecule has 0 saturated heterocycles. The van der Waals surface area contributed by atoms with Crippen LogP contribution in [0.25, 0.3) is 0 Å². The number of thiophene rings is 1. The van der Waals surface area contributed by atoms with Crippen molar-refractivity contribution in [1.29, 1.82) is 0 Å². The molecule has 0 aliphatic carbocycles. The van der Waals surface area contributed by atoms with Crippen LogP contribution in [0.2, 0.25) is 0 Å². The Labute approximate surface area is 79.5 Å². The predicted octanol–water partition coefficient (Wildman–Crippen LogP) is 1.00. The SMILES string of the molecule is NCC[C@H](N)c1csc([N+](=O)[O-])c1. The molecule has 72 valence electrons. The first kappa shape index (κ1) is 10.1. The van der Waals surface area contributed by atoms with Crippen molar-refractivity contribution in [3.63, 3.8) is 0 Å². The lowest BCUT2D eigenvalue weighted by atomic mass is 10.1. The molecule has 5 nitrogen and oxygen atoms in total. The van der Waals surface area contributed by atoms with E-state index in [-0.39, 0.29) is 11.0 Å². The Morgan fingerprint density at radius 1 is 1.69 bits per heavy atom. The van der Waals surface area contributed by atoms with Crippen LogP contribution in [-0.2, 0) is 0 Å². The van der Waals surface area contributed by atoms with E-state index in [0.717, 1.165) is 16.9 Å². The van der Waals surface area contributed by atoms with Crippen LogP contribution >= 0.6 is 11.3 Å². The van der Waals surface area contributed by atoms with E-state index < -0.39 is 4.92 Å². The van der Waals surface area contributed by atoms with Crippen LogP contribution in [0.4, 0.5) is 5.00 Å². The maximum absolute atomic E-state index is 10.3. The molecule has 0 unspecified atom stereocenters. The molecule has 0 aliphatic rings. The Morgan fingerprint density at radius 2 is 2.38 bits per heavy atom. The molecule has 0 fully saturated rings. The van der Waals surface area contributed by atoms with E-state index in [1.807, 2.05) is 0 Å². The zero-order valence-electron chi connectivity index (χ0n) is 6.97. The first-order valence-corrected chi connectivity index (χ1v) is 4.71. The second-order valence-corrected chi connectivity index (χ2v) is 3.55. The molecule has 0 aliphatic heterocycles. The van der Waals surface area contributed by atoms with Crippen molar-refractivity contribution in [2.45, 2.75) is 12.5 Å². The molecule has 1 rings (SSSR count). The number of rotatable bonds is 4. The van der Waals surface area contributed by atoms with Gasteiger partial charge in [-0.05, 0) is 18.5 Å². The van der Waals surface area contributed by atoms with E-state index >= 15 is 0 Å². The first-order valence-electron chi connectivity index (χ1n) is 3.83. The Bertz CT molecular complexity index is 300. The minimum Gasteiger partial charge on any atom is -0.330 e. The molecular weight excluding hydrogens is 190 g/mol. The van der Waals surface area contributed by atoms with Gasteiger partial charge in [-0.2, -0.15) is 0 Å². The standard InChI is InChI=1S/C7H11N3O2S/c8-2-1-6(9)5-3-7(10(11)12)13-4-5/h3-4,6H,1-2,8-9H2/t6-/m0/s1. The number of nitrogens with two attached hydrogens (primary N) is 2. The van der Waals surface area contributed by atoms with Gasteiger partial charge in [-0.3, -0.25) is 10.1 Å². The highest BCUT2D eigenvalue weighted by Gasteiger charge is 2.13. The third-order valence-electron chi connectivity index (χ3n) is 1.69. The average molecular weight is 201 g/mol. The Hall–Kier alpha value is -0.980. The fourth-order valence-electron chi connectivity index (χ4n) is 0.975. The molecule has 0 saturated carbocycles. The molecule has 1 aromatic heterocycles. The van der Waals surface area contributed by atoms with Gasteiger partial charge < -0.3 is 11.5 Å². The van der Waals surface area contributed by atoms with Gasteiger partial charge in [-0.25, -0.2) is 0 Å². The molecule has 0 aromatic carbocycles. The second kappa shape index (κ2) is 4.31. The Morgan fingerprint density at radius 3 is 2.85 bits per heavy atom. The summed E-state index contributed by atoms with van der Waals surface area (Å²) in [4.78, 5) is 9.93. The minimum atomic E-state index is -0.413. The highest BCUT2D eigenvalue weighted by molar-refractivity contribution is 7.13. The van der Waals surface area contributed by atoms with Gasteiger partial charge >= 0.3 is 5.00 Å². The quantitative estimate of drug-likeness (QED) is 0.561. The minimum absolute atomic E-state index is 0.127. The zero-order valence-corrected chi connectivity index (χ0v) is 7.79. The summed E-state index contributed by atoms with van der Waals surface area (Å²) in [7, 11) is 0. The third kappa shape index (κ3) is 2.48. The smallest absolute Gasteiger partial charge is 0.324 e. The van der Waals surface area contributed by atoms with Gasteiger partial charge in [0.2, 0.25) is 0 Å². The van der Waals surface area contributed by atoms with Crippen LogP contribution in [0.5, 0.6) is 0 Å². The third-order valence-corrected chi connectivity index (χ3v) is 2.59. The summed E-state index contributed by atoms with van der Waals surface area (Å²) >= 11 is 1.09. The van der Waals surface area contributed by atoms with Crippen molar-refractivity contribution in [2.24, 2.45) is 11.5 Å². The van der Waals surface area contributed by atoms with Crippen molar-refractivity contribution >= 4 is 16.3 Å². The molecule has 13 heavy (non-hydrogen) atoms. The summed E-state index contributed by atoms with van der Waals surface area (Å²) in [5.74, 6) is 0. The first-order chi connectivity index (χ1) is 6.15. The lowest BCUT2D eigenvalue weighted by molar-refractivity contribution is -0.380. The predicted molar refractivity (Wildman–Crippen MR) is 51.6 cm³/mol. The maximum atomic E-state index is 10.3. The second-order valence-electron chi connectivity index (χ2n) is 2.66. The summed E-state index contributed by atoms with van der Waals surface area (Å²) < 4.78 is 0. The fraction of sp³-hybridized carbons (Fsp3) is 0.429. The number of hydrogen-bond donors (Lipinski definition) is 2. The molecule has 1 atom stereocenters. The topological polar surface area (TPSA) is 95.2 Å². The van der Waals surface area contributed by atoms with E-state index in [9.17, 15) is 10.1 Å². The number of hydrogen-bond acceptors (Lipinski definition) is 5. The van der Waals surface area contributed by atoms with E-state index in [4.69, 9.17) is 11.5 Å². The molecule has 6 heteroatoms. The lowest BCUT2D eigenvalue weighted by Crippen LogP contribution is -2.14. The monoisotopic (exact) mass is 201 g/mol. The van der Waals surface area contributed by atoms with Crippen LogP contribution in [-0.4, -0.2) is 11.5 Å². The molecule has 0 bridgehead atoms. The molecule has 1 heterocycles. The highest BCUT2D eigenvalue weighted by atomic mass is 32.1. The Balaban J connectivity index is 2.73. The summed E-state index contributed by atoms with van der Waals surface area (Å²) in [5, 5.41) is 12.2.